The molecule has 3 N–H and O–H groups in total. The predicted molar refractivity (Wildman–Crippen MR) is 91.8 cm³/mol. The molecule has 3 rings (SSSR count). The Morgan fingerprint density at radius 2 is 2.12 bits per heavy atom. The predicted octanol–water partition coefficient (Wildman–Crippen LogP) is 1.24. The van der Waals surface area contributed by atoms with Gasteiger partial charge in [0.25, 0.3) is 0 Å². The van der Waals surface area contributed by atoms with E-state index in [1.54, 1.807) is 0 Å². The monoisotopic (exact) mass is 351 g/mol. The molecule has 1 amide bonds. The van der Waals surface area contributed by atoms with Crippen LogP contribution >= 0.6 is 0 Å². The summed E-state index contributed by atoms with van der Waals surface area (Å²) in [6, 6.07) is -0.625. The molecule has 140 valence electrons. The Morgan fingerprint density at radius 1 is 1.36 bits per heavy atom. The Bertz CT molecular complexity index is 548. The van der Waals surface area contributed by atoms with Gasteiger partial charge < -0.3 is 20.3 Å². The largest absolute Gasteiger partial charge is 0.390 e. The fourth-order valence-corrected chi connectivity index (χ4v) is 4.23. The van der Waals surface area contributed by atoms with Crippen LogP contribution in [-0.4, -0.2) is 51.9 Å². The highest BCUT2D eigenvalue weighted by Gasteiger charge is 2.68. The number of carbonyl (C=O) groups excluding carboxylic acids is 2. The van der Waals surface area contributed by atoms with Gasteiger partial charge in [0, 0.05) is 6.42 Å². The van der Waals surface area contributed by atoms with E-state index in [1.165, 1.54) is 31.8 Å². The van der Waals surface area contributed by atoms with Crippen LogP contribution in [-0.2, 0) is 14.3 Å². The molecule has 2 saturated carbocycles. The standard InChI is InChI=1S/C19H29NO5/c1-2-3-4-5-6-7-8-9-15(21)20-13-11-19(24)17(23)12(16(13)22)10-14-18(19)25-14/h8-9,12-14,16,18,22,24H,2-7,10-11H2,1H3,(H,20,21)/b9-8+/t12-,13+,14+,16-,18+,19-/m1/s1. The van der Waals surface area contributed by atoms with Crippen molar-refractivity contribution in [2.45, 2.75) is 88.2 Å². The van der Waals surface area contributed by atoms with Crippen LogP contribution in [0.4, 0.5) is 0 Å². The van der Waals surface area contributed by atoms with Gasteiger partial charge in [-0.25, -0.2) is 0 Å². The van der Waals surface area contributed by atoms with Crippen molar-refractivity contribution in [2.24, 2.45) is 5.92 Å². The maximum atomic E-state index is 12.3. The summed E-state index contributed by atoms with van der Waals surface area (Å²) in [7, 11) is 0. The number of amides is 1. The van der Waals surface area contributed by atoms with Crippen molar-refractivity contribution >= 4 is 11.7 Å². The van der Waals surface area contributed by atoms with Gasteiger partial charge in [0.05, 0.1) is 24.2 Å². The zero-order valence-corrected chi connectivity index (χ0v) is 14.8. The molecule has 3 fully saturated rings. The minimum Gasteiger partial charge on any atom is -0.390 e. The van der Waals surface area contributed by atoms with Crippen molar-refractivity contribution in [2.75, 3.05) is 0 Å². The molecule has 2 aliphatic carbocycles. The Morgan fingerprint density at radius 3 is 2.88 bits per heavy atom. The Balaban J connectivity index is 1.48. The molecule has 2 bridgehead atoms. The maximum absolute atomic E-state index is 12.3. The quantitative estimate of drug-likeness (QED) is 0.347. The average Bonchev–Trinajstić information content (AvgIpc) is 3.35. The molecule has 1 heterocycles. The van der Waals surface area contributed by atoms with Crippen molar-refractivity contribution < 1.29 is 24.5 Å². The molecule has 0 spiro atoms. The van der Waals surface area contributed by atoms with E-state index in [4.69, 9.17) is 4.74 Å². The van der Waals surface area contributed by atoms with Gasteiger partial charge >= 0.3 is 0 Å². The van der Waals surface area contributed by atoms with Crippen LogP contribution in [0.1, 0.15) is 58.3 Å². The first-order valence-electron chi connectivity index (χ1n) is 9.54. The van der Waals surface area contributed by atoms with Crippen LogP contribution in [0.3, 0.4) is 0 Å². The topological polar surface area (TPSA) is 99.2 Å². The summed E-state index contributed by atoms with van der Waals surface area (Å²) < 4.78 is 5.38. The average molecular weight is 351 g/mol. The lowest BCUT2D eigenvalue weighted by Gasteiger charge is -2.44. The number of ketones is 1. The number of unbranched alkanes of at least 4 members (excludes halogenated alkanes) is 5. The normalized spacial score (nSPS) is 39.3. The van der Waals surface area contributed by atoms with Crippen molar-refractivity contribution in [3.05, 3.63) is 12.2 Å². The summed E-state index contributed by atoms with van der Waals surface area (Å²) in [6.45, 7) is 2.18. The van der Waals surface area contributed by atoms with Crippen LogP contribution in [0.5, 0.6) is 0 Å². The number of allylic oxidation sites excluding steroid dienone is 1. The summed E-state index contributed by atoms with van der Waals surface area (Å²) >= 11 is 0. The van der Waals surface area contributed by atoms with Gasteiger partial charge in [-0.1, -0.05) is 38.7 Å². The van der Waals surface area contributed by atoms with Crippen LogP contribution in [0.15, 0.2) is 12.2 Å². The molecule has 3 aliphatic rings. The van der Waals surface area contributed by atoms with Crippen LogP contribution in [0.25, 0.3) is 0 Å². The molecule has 0 aromatic carbocycles. The number of Topliss-reactive ketones (excluding diaryl/α,β-unsaturated/α-hetero) is 1. The summed E-state index contributed by atoms with van der Waals surface area (Å²) in [5.74, 6) is -1.29. The SMILES string of the molecule is CCCCCCC/C=C/C(=O)N[C@H]1C[C@@]2(O)C(=O)[C@H](C[C@@H]3O[C@@H]32)[C@H]1O. The van der Waals surface area contributed by atoms with E-state index >= 15 is 0 Å². The van der Waals surface area contributed by atoms with Gasteiger partial charge in [-0.05, 0) is 25.3 Å². The molecule has 0 aromatic heterocycles. The molecular weight excluding hydrogens is 322 g/mol. The second kappa shape index (κ2) is 7.56. The summed E-state index contributed by atoms with van der Waals surface area (Å²) in [5, 5.41) is 23.8. The molecule has 0 radical (unpaired) electrons. The highest BCUT2D eigenvalue weighted by atomic mass is 16.6. The van der Waals surface area contributed by atoms with Crippen molar-refractivity contribution in [3.8, 4) is 0 Å². The second-order valence-corrected chi connectivity index (χ2v) is 7.64. The van der Waals surface area contributed by atoms with Gasteiger partial charge in [-0.15, -0.1) is 0 Å². The minimum atomic E-state index is -1.56. The number of carbonyl (C=O) groups is 2. The van der Waals surface area contributed by atoms with E-state index in [1.807, 2.05) is 6.08 Å². The second-order valence-electron chi connectivity index (χ2n) is 7.64. The summed E-state index contributed by atoms with van der Waals surface area (Å²) in [4.78, 5) is 24.4. The highest BCUT2D eigenvalue weighted by Crippen LogP contribution is 2.50. The first-order chi connectivity index (χ1) is 12.0. The van der Waals surface area contributed by atoms with Crippen LogP contribution in [0.2, 0.25) is 0 Å². The highest BCUT2D eigenvalue weighted by molar-refractivity contribution is 5.94. The number of nitrogens with one attached hydrogen (secondary N) is 1. The minimum absolute atomic E-state index is 0.0151. The molecule has 6 atom stereocenters. The lowest BCUT2D eigenvalue weighted by atomic mass is 9.65. The number of aliphatic hydroxyl groups is 2. The molecule has 0 unspecified atom stereocenters. The molecule has 6 heteroatoms. The lowest BCUT2D eigenvalue weighted by Crippen LogP contribution is -2.66. The van der Waals surface area contributed by atoms with Crippen LogP contribution < -0.4 is 5.32 Å². The van der Waals surface area contributed by atoms with E-state index in [0.717, 1.165) is 12.8 Å². The Hall–Kier alpha value is -1.24. The lowest BCUT2D eigenvalue weighted by molar-refractivity contribution is -0.162. The smallest absolute Gasteiger partial charge is 0.243 e. The molecule has 1 aliphatic heterocycles. The van der Waals surface area contributed by atoms with E-state index in [-0.39, 0.29) is 24.2 Å². The number of aliphatic hydroxyl groups excluding tert-OH is 1. The summed E-state index contributed by atoms with van der Waals surface area (Å²) in [6.07, 6.45) is 8.97. The van der Waals surface area contributed by atoms with E-state index in [2.05, 4.69) is 12.2 Å². The Labute approximate surface area is 148 Å². The van der Waals surface area contributed by atoms with Crippen molar-refractivity contribution in [1.82, 2.24) is 5.32 Å². The Kier molecular flexibility index (Phi) is 5.61. The number of rotatable bonds is 8. The zero-order chi connectivity index (χ0) is 18.0. The van der Waals surface area contributed by atoms with Gasteiger partial charge in [0.15, 0.2) is 11.4 Å². The molecule has 1 saturated heterocycles. The number of fused-ring (bicyclic) bond motifs is 4. The number of hydrogen-bond acceptors (Lipinski definition) is 5. The van der Waals surface area contributed by atoms with Gasteiger partial charge in [0.1, 0.15) is 6.10 Å². The zero-order valence-electron chi connectivity index (χ0n) is 14.8. The third-order valence-corrected chi connectivity index (χ3v) is 5.73. The first kappa shape index (κ1) is 18.5. The van der Waals surface area contributed by atoms with E-state index in [9.17, 15) is 19.8 Å². The number of hydrogen-bond donors (Lipinski definition) is 3. The molecule has 6 nitrogen and oxygen atoms in total. The number of epoxide rings is 1. The van der Waals surface area contributed by atoms with E-state index in [0.29, 0.717) is 6.42 Å². The van der Waals surface area contributed by atoms with Crippen molar-refractivity contribution in [1.29, 1.82) is 0 Å². The first-order valence-corrected chi connectivity index (χ1v) is 9.54. The third kappa shape index (κ3) is 3.81. The fraction of sp³-hybridized carbons (Fsp3) is 0.789. The van der Waals surface area contributed by atoms with Crippen LogP contribution in [0, 0.1) is 5.92 Å². The van der Waals surface area contributed by atoms with Crippen molar-refractivity contribution in [3.63, 3.8) is 0 Å². The third-order valence-electron chi connectivity index (χ3n) is 5.73. The van der Waals surface area contributed by atoms with Gasteiger partial charge in [-0.3, -0.25) is 9.59 Å². The molecule has 0 aromatic rings. The number of ether oxygens (including phenoxy) is 1. The van der Waals surface area contributed by atoms with Gasteiger partial charge in [0.2, 0.25) is 5.91 Å². The van der Waals surface area contributed by atoms with E-state index < -0.39 is 29.8 Å². The summed E-state index contributed by atoms with van der Waals surface area (Å²) in [5.41, 5.74) is -1.56. The molecule has 25 heavy (non-hydrogen) atoms. The molecular formula is C19H29NO5. The van der Waals surface area contributed by atoms with Gasteiger partial charge in [-0.2, -0.15) is 0 Å². The maximum Gasteiger partial charge on any atom is 0.243 e. The fourth-order valence-electron chi connectivity index (χ4n) is 4.23.